The van der Waals surface area contributed by atoms with Crippen molar-refractivity contribution < 1.29 is 69.0 Å². The lowest BCUT2D eigenvalue weighted by Gasteiger charge is -2.42. The molecule has 0 saturated carbocycles. The van der Waals surface area contributed by atoms with Crippen molar-refractivity contribution in [1.82, 2.24) is 0 Å². The molecule has 0 bridgehead atoms. The predicted molar refractivity (Wildman–Crippen MR) is 275 cm³/mol. The monoisotopic (exact) mass is 993 g/mol. The van der Waals surface area contributed by atoms with E-state index >= 15 is 0 Å². The highest BCUT2D eigenvalue weighted by Gasteiger charge is 2.47. The van der Waals surface area contributed by atoms with Crippen LogP contribution in [0.15, 0.2) is 72.9 Å². The molecule has 2 aliphatic heterocycles. The number of allylic oxidation sites excluding steroid dienone is 12. The van der Waals surface area contributed by atoms with Gasteiger partial charge in [0.1, 0.15) is 54.9 Å². The second kappa shape index (κ2) is 42.9. The molecule has 2 saturated heterocycles. The van der Waals surface area contributed by atoms with E-state index in [0.29, 0.717) is 13.0 Å². The molecule has 0 aromatic carbocycles. The number of aliphatic hydroxyl groups is 7. The number of hydrogen-bond donors (Lipinski definition) is 7. The van der Waals surface area contributed by atoms with Gasteiger partial charge in [-0.3, -0.25) is 4.79 Å². The number of carbonyl (C=O) groups excluding carboxylic acids is 1. The SMILES string of the molecule is CC/C=C\C/C=C\C/C=C\C/C=C\C/C=C\C/C=C\CCCCCOCC(COC1OC(COC2OC(CO)C(O)C(O)C2O)C(O)C(O)C1O)OC(=O)CCCCCCCCCCCCCCCC. The molecule has 0 spiro atoms. The van der Waals surface area contributed by atoms with E-state index in [1.807, 2.05) is 0 Å². The van der Waals surface area contributed by atoms with Crippen LogP contribution in [0.2, 0.25) is 0 Å². The number of carbonyl (C=O) groups is 1. The van der Waals surface area contributed by atoms with E-state index in [1.165, 1.54) is 64.2 Å². The first-order valence-electron chi connectivity index (χ1n) is 27.0. The summed E-state index contributed by atoms with van der Waals surface area (Å²) in [5, 5.41) is 72.2. The molecule has 0 aromatic heterocycles. The molecule has 2 rings (SSSR count). The molecule has 0 aliphatic carbocycles. The second-order valence-corrected chi connectivity index (χ2v) is 18.7. The van der Waals surface area contributed by atoms with E-state index in [2.05, 4.69) is 86.8 Å². The maximum Gasteiger partial charge on any atom is 0.306 e. The smallest absolute Gasteiger partial charge is 0.306 e. The Morgan fingerprint density at radius 3 is 1.44 bits per heavy atom. The first-order valence-corrected chi connectivity index (χ1v) is 27.0. The average Bonchev–Trinajstić information content (AvgIpc) is 3.36. The molecule has 11 atom stereocenters. The molecular formula is C56H96O14. The first kappa shape index (κ1) is 63.5. The molecule has 11 unspecified atom stereocenters. The predicted octanol–water partition coefficient (Wildman–Crippen LogP) is 8.69. The summed E-state index contributed by atoms with van der Waals surface area (Å²) in [6, 6.07) is 0. The van der Waals surface area contributed by atoms with Crippen molar-refractivity contribution >= 4 is 5.97 Å². The minimum absolute atomic E-state index is 0.0370. The number of aliphatic hydroxyl groups excluding tert-OH is 7. The summed E-state index contributed by atoms with van der Waals surface area (Å²) >= 11 is 0. The standard InChI is InChI=1S/C56H96O14/c1-3-5-7-9-11-13-15-17-19-20-21-22-23-24-25-26-28-30-32-34-36-38-40-65-42-45(68-48(58)39-37-35-33-31-29-27-18-16-14-12-10-8-6-4-2)43-66-55-54(64)52(62)50(60)47(70-55)44-67-56-53(63)51(61)49(59)46(41-57)69-56/h5,7,11,13,17,19,21-22,24-25,28,30,45-47,49-57,59-64H,3-4,6,8-10,12,14-16,18,20,23,26-27,29,31-44H2,1-2H3/b7-5-,13-11-,19-17-,22-21-,25-24-,30-28-. The topological polar surface area (TPSA) is 214 Å². The van der Waals surface area contributed by atoms with E-state index in [-0.39, 0.29) is 25.6 Å². The Hall–Kier alpha value is -2.57. The lowest BCUT2D eigenvalue weighted by molar-refractivity contribution is -0.332. The summed E-state index contributed by atoms with van der Waals surface area (Å²) in [5.74, 6) is -0.390. The fourth-order valence-electron chi connectivity index (χ4n) is 8.11. The van der Waals surface area contributed by atoms with Gasteiger partial charge in [-0.05, 0) is 64.2 Å². The lowest BCUT2D eigenvalue weighted by Crippen LogP contribution is -2.61. The minimum atomic E-state index is -1.72. The van der Waals surface area contributed by atoms with Gasteiger partial charge in [0.2, 0.25) is 0 Å². The van der Waals surface area contributed by atoms with E-state index in [0.717, 1.165) is 83.5 Å². The van der Waals surface area contributed by atoms with Crippen LogP contribution in [0.1, 0.15) is 174 Å². The van der Waals surface area contributed by atoms with Crippen LogP contribution in [0.3, 0.4) is 0 Å². The third-order valence-corrected chi connectivity index (χ3v) is 12.5. The zero-order chi connectivity index (χ0) is 50.9. The zero-order valence-electron chi connectivity index (χ0n) is 43.0. The highest BCUT2D eigenvalue weighted by Crippen LogP contribution is 2.26. The molecule has 2 aliphatic rings. The van der Waals surface area contributed by atoms with Gasteiger partial charge in [-0.2, -0.15) is 0 Å². The molecule has 2 heterocycles. The molecule has 14 nitrogen and oxygen atoms in total. The van der Waals surface area contributed by atoms with Gasteiger partial charge in [0, 0.05) is 13.0 Å². The molecule has 0 aromatic rings. The van der Waals surface area contributed by atoms with Gasteiger partial charge in [0.15, 0.2) is 12.6 Å². The fourth-order valence-corrected chi connectivity index (χ4v) is 8.11. The van der Waals surface area contributed by atoms with Crippen molar-refractivity contribution in [2.45, 2.75) is 242 Å². The van der Waals surface area contributed by atoms with Crippen molar-refractivity contribution in [3.05, 3.63) is 72.9 Å². The van der Waals surface area contributed by atoms with Gasteiger partial charge in [-0.25, -0.2) is 0 Å². The number of rotatable bonds is 42. The van der Waals surface area contributed by atoms with Crippen molar-refractivity contribution in [2.75, 3.05) is 33.0 Å². The number of esters is 1. The molecular weight excluding hydrogens is 897 g/mol. The minimum Gasteiger partial charge on any atom is -0.457 e. The number of ether oxygens (including phenoxy) is 6. The van der Waals surface area contributed by atoms with Gasteiger partial charge >= 0.3 is 5.97 Å². The van der Waals surface area contributed by atoms with Crippen LogP contribution in [0.25, 0.3) is 0 Å². The Bertz CT molecular complexity index is 1430. The second-order valence-electron chi connectivity index (χ2n) is 18.7. The third-order valence-electron chi connectivity index (χ3n) is 12.5. The fraction of sp³-hybridized carbons (Fsp3) is 0.768. The molecule has 7 N–H and O–H groups in total. The molecule has 70 heavy (non-hydrogen) atoms. The summed E-state index contributed by atoms with van der Waals surface area (Å²) in [6.07, 6.45) is 36.8. The Balaban J connectivity index is 1.76. The average molecular weight is 993 g/mol. The van der Waals surface area contributed by atoms with Crippen LogP contribution in [-0.2, 0) is 33.2 Å². The highest BCUT2D eigenvalue weighted by atomic mass is 16.7. The van der Waals surface area contributed by atoms with Crippen LogP contribution >= 0.6 is 0 Å². The maximum atomic E-state index is 13.0. The van der Waals surface area contributed by atoms with Crippen LogP contribution in [0.5, 0.6) is 0 Å². The Kier molecular flexibility index (Phi) is 38.9. The Labute approximate surface area is 421 Å². The van der Waals surface area contributed by atoms with Gasteiger partial charge < -0.3 is 64.2 Å². The van der Waals surface area contributed by atoms with Crippen LogP contribution in [-0.4, -0.2) is 142 Å². The summed E-state index contributed by atoms with van der Waals surface area (Å²) in [5.41, 5.74) is 0. The van der Waals surface area contributed by atoms with Crippen molar-refractivity contribution in [2.24, 2.45) is 0 Å². The molecule has 14 heteroatoms. The third kappa shape index (κ3) is 29.8. The van der Waals surface area contributed by atoms with Gasteiger partial charge in [-0.1, -0.05) is 177 Å². The van der Waals surface area contributed by atoms with E-state index < -0.39 is 80.7 Å². The van der Waals surface area contributed by atoms with Crippen LogP contribution in [0.4, 0.5) is 0 Å². The van der Waals surface area contributed by atoms with Crippen molar-refractivity contribution in [3.63, 3.8) is 0 Å². The normalized spacial score (nSPS) is 26.1. The highest BCUT2D eigenvalue weighted by molar-refractivity contribution is 5.69. The van der Waals surface area contributed by atoms with Gasteiger partial charge in [-0.15, -0.1) is 0 Å². The largest absolute Gasteiger partial charge is 0.457 e. The molecule has 2 fully saturated rings. The maximum absolute atomic E-state index is 13.0. The quantitative estimate of drug-likeness (QED) is 0.0173. The summed E-state index contributed by atoms with van der Waals surface area (Å²) in [4.78, 5) is 13.0. The number of unbranched alkanes of at least 4 members (excludes halogenated alkanes) is 16. The van der Waals surface area contributed by atoms with Crippen LogP contribution in [0, 0.1) is 0 Å². The van der Waals surface area contributed by atoms with E-state index in [4.69, 9.17) is 28.4 Å². The van der Waals surface area contributed by atoms with Gasteiger partial charge in [0.25, 0.3) is 0 Å². The molecule has 0 radical (unpaired) electrons. The van der Waals surface area contributed by atoms with E-state index in [9.17, 15) is 40.5 Å². The molecule has 0 amide bonds. The Morgan fingerprint density at radius 1 is 0.486 bits per heavy atom. The molecule has 404 valence electrons. The van der Waals surface area contributed by atoms with Crippen LogP contribution < -0.4 is 0 Å². The lowest BCUT2D eigenvalue weighted by atomic mass is 9.98. The summed E-state index contributed by atoms with van der Waals surface area (Å²) in [6.45, 7) is 3.48. The van der Waals surface area contributed by atoms with E-state index in [1.54, 1.807) is 0 Å². The first-order chi connectivity index (χ1) is 34.1. The Morgan fingerprint density at radius 2 is 0.929 bits per heavy atom. The van der Waals surface area contributed by atoms with Crippen molar-refractivity contribution in [1.29, 1.82) is 0 Å². The summed E-state index contributed by atoms with van der Waals surface area (Å²) in [7, 11) is 0. The van der Waals surface area contributed by atoms with Gasteiger partial charge in [0.05, 0.1) is 26.4 Å². The summed E-state index contributed by atoms with van der Waals surface area (Å²) < 4.78 is 34.3. The van der Waals surface area contributed by atoms with Crippen molar-refractivity contribution in [3.8, 4) is 0 Å². The zero-order valence-corrected chi connectivity index (χ0v) is 43.0. The number of hydrogen-bond acceptors (Lipinski definition) is 14.